The first-order valence-electron chi connectivity index (χ1n) is 4.73. The molecular weight excluding hydrogens is 311 g/mol. The second-order valence-corrected chi connectivity index (χ2v) is 5.35. The Labute approximate surface area is 109 Å². The average Bonchev–Trinajstić information content (AvgIpc) is 2.38. The standard InChI is InChI=1S/C10H14BrO5P/c1-13-10-8(7-11)5-4-6-9(10)16-17(12,14-2)15-3/h4-6H,7H2,1-3H3. The molecule has 1 aromatic rings. The summed E-state index contributed by atoms with van der Waals surface area (Å²) in [6.07, 6.45) is 0. The van der Waals surface area contributed by atoms with Gasteiger partial charge in [-0.15, -0.1) is 0 Å². The van der Waals surface area contributed by atoms with Crippen LogP contribution in [0.2, 0.25) is 0 Å². The second kappa shape index (κ2) is 6.40. The number of phosphoric acid groups is 1. The number of benzene rings is 1. The van der Waals surface area contributed by atoms with Gasteiger partial charge in [0.25, 0.3) is 0 Å². The molecule has 0 saturated heterocycles. The summed E-state index contributed by atoms with van der Waals surface area (Å²) in [6.45, 7) is 0. The summed E-state index contributed by atoms with van der Waals surface area (Å²) in [5, 5.41) is 0.595. The maximum atomic E-state index is 11.9. The van der Waals surface area contributed by atoms with Crippen LogP contribution in [-0.4, -0.2) is 21.3 Å². The molecular formula is C10H14BrO5P. The maximum Gasteiger partial charge on any atom is 0.529 e. The van der Waals surface area contributed by atoms with Gasteiger partial charge in [0.1, 0.15) is 0 Å². The largest absolute Gasteiger partial charge is 0.529 e. The summed E-state index contributed by atoms with van der Waals surface area (Å²) in [6, 6.07) is 5.27. The van der Waals surface area contributed by atoms with Crippen LogP contribution in [0.3, 0.4) is 0 Å². The highest BCUT2D eigenvalue weighted by molar-refractivity contribution is 9.08. The van der Waals surface area contributed by atoms with Gasteiger partial charge in [0.05, 0.1) is 7.11 Å². The number of halogens is 1. The average molecular weight is 325 g/mol. The number of ether oxygens (including phenoxy) is 1. The predicted octanol–water partition coefficient (Wildman–Crippen LogP) is 3.37. The monoisotopic (exact) mass is 324 g/mol. The van der Waals surface area contributed by atoms with Crippen LogP contribution in [0, 0.1) is 0 Å². The smallest absolute Gasteiger partial charge is 0.493 e. The Balaban J connectivity index is 3.10. The first-order valence-corrected chi connectivity index (χ1v) is 7.31. The Bertz CT molecular complexity index is 415. The molecule has 0 saturated carbocycles. The van der Waals surface area contributed by atoms with Gasteiger partial charge in [0.2, 0.25) is 0 Å². The van der Waals surface area contributed by atoms with Gasteiger partial charge in [-0.2, -0.15) is 0 Å². The molecule has 1 rings (SSSR count). The van der Waals surface area contributed by atoms with E-state index in [2.05, 4.69) is 15.9 Å². The van der Waals surface area contributed by atoms with Gasteiger partial charge in [-0.05, 0) is 6.07 Å². The summed E-state index contributed by atoms with van der Waals surface area (Å²) in [7, 11) is 0.454. The molecule has 0 atom stereocenters. The van der Waals surface area contributed by atoms with Crippen molar-refractivity contribution in [1.82, 2.24) is 0 Å². The van der Waals surface area contributed by atoms with E-state index in [1.165, 1.54) is 21.3 Å². The van der Waals surface area contributed by atoms with Crippen LogP contribution in [-0.2, 0) is 18.9 Å². The van der Waals surface area contributed by atoms with Crippen molar-refractivity contribution in [3.8, 4) is 11.5 Å². The SMILES string of the molecule is COc1c(CBr)cccc1OP(=O)(OC)OC. The highest BCUT2D eigenvalue weighted by Gasteiger charge is 2.26. The minimum Gasteiger partial charge on any atom is -0.493 e. The highest BCUT2D eigenvalue weighted by atomic mass is 79.9. The fraction of sp³-hybridized carbons (Fsp3) is 0.400. The van der Waals surface area contributed by atoms with Gasteiger partial charge in [-0.25, -0.2) is 4.57 Å². The lowest BCUT2D eigenvalue weighted by Crippen LogP contribution is -2.00. The third-order valence-corrected chi connectivity index (χ3v) is 3.98. The molecule has 0 unspecified atom stereocenters. The number of hydrogen-bond donors (Lipinski definition) is 0. The first kappa shape index (κ1) is 14.5. The maximum absolute atomic E-state index is 11.9. The van der Waals surface area contributed by atoms with E-state index in [0.717, 1.165) is 5.56 Å². The number of methoxy groups -OCH3 is 1. The van der Waals surface area contributed by atoms with E-state index >= 15 is 0 Å². The van der Waals surface area contributed by atoms with E-state index in [1.54, 1.807) is 12.1 Å². The van der Waals surface area contributed by atoms with Crippen molar-refractivity contribution in [3.05, 3.63) is 23.8 Å². The molecule has 96 valence electrons. The zero-order valence-corrected chi connectivity index (χ0v) is 12.3. The number of phosphoric ester groups is 1. The molecule has 5 nitrogen and oxygen atoms in total. The molecule has 0 N–H and O–H groups in total. The summed E-state index contributed by atoms with van der Waals surface area (Å²) in [5.74, 6) is 0.815. The van der Waals surface area contributed by atoms with Crippen molar-refractivity contribution >= 4 is 23.8 Å². The van der Waals surface area contributed by atoms with E-state index in [4.69, 9.17) is 18.3 Å². The van der Waals surface area contributed by atoms with Crippen LogP contribution in [0.1, 0.15) is 5.56 Å². The normalized spacial score (nSPS) is 11.3. The van der Waals surface area contributed by atoms with Crippen LogP contribution in [0.15, 0.2) is 18.2 Å². The zero-order valence-electron chi connectivity index (χ0n) is 9.81. The minimum absolute atomic E-state index is 0.316. The number of alkyl halides is 1. The fourth-order valence-corrected chi connectivity index (χ4v) is 2.36. The van der Waals surface area contributed by atoms with Gasteiger partial charge >= 0.3 is 7.82 Å². The second-order valence-electron chi connectivity index (χ2n) is 2.99. The lowest BCUT2D eigenvalue weighted by molar-refractivity contribution is 0.208. The Morgan fingerprint density at radius 2 is 1.88 bits per heavy atom. The molecule has 0 fully saturated rings. The van der Waals surface area contributed by atoms with Crippen LogP contribution in [0.5, 0.6) is 11.5 Å². The third kappa shape index (κ3) is 3.45. The van der Waals surface area contributed by atoms with Gasteiger partial charge in [0, 0.05) is 25.1 Å². The van der Waals surface area contributed by atoms with Crippen LogP contribution < -0.4 is 9.26 Å². The third-order valence-electron chi connectivity index (χ3n) is 2.07. The van der Waals surface area contributed by atoms with Crippen molar-refractivity contribution in [2.24, 2.45) is 0 Å². The van der Waals surface area contributed by atoms with E-state index < -0.39 is 7.82 Å². The topological polar surface area (TPSA) is 54.0 Å². The lowest BCUT2D eigenvalue weighted by Gasteiger charge is -2.17. The number of hydrogen-bond acceptors (Lipinski definition) is 5. The lowest BCUT2D eigenvalue weighted by atomic mass is 10.2. The molecule has 0 heterocycles. The Hall–Kier alpha value is -0.550. The Morgan fingerprint density at radius 1 is 1.24 bits per heavy atom. The molecule has 0 radical (unpaired) electrons. The summed E-state index contributed by atoms with van der Waals surface area (Å²) in [5.41, 5.74) is 0.878. The van der Waals surface area contributed by atoms with Gasteiger partial charge in [0.15, 0.2) is 11.5 Å². The van der Waals surface area contributed by atoms with E-state index in [0.29, 0.717) is 16.8 Å². The Morgan fingerprint density at radius 3 is 2.35 bits per heavy atom. The summed E-state index contributed by atoms with van der Waals surface area (Å²) < 4.78 is 31.7. The molecule has 0 aliphatic rings. The van der Waals surface area contributed by atoms with Gasteiger partial charge < -0.3 is 9.26 Å². The quantitative estimate of drug-likeness (QED) is 0.593. The minimum atomic E-state index is -3.57. The first-order chi connectivity index (χ1) is 8.10. The fourth-order valence-electron chi connectivity index (χ4n) is 1.24. The van der Waals surface area contributed by atoms with Crippen molar-refractivity contribution in [1.29, 1.82) is 0 Å². The predicted molar refractivity (Wildman–Crippen MR) is 67.9 cm³/mol. The van der Waals surface area contributed by atoms with Crippen molar-refractivity contribution in [3.63, 3.8) is 0 Å². The van der Waals surface area contributed by atoms with Gasteiger partial charge in [-0.3, -0.25) is 9.05 Å². The molecule has 17 heavy (non-hydrogen) atoms. The molecule has 0 aromatic heterocycles. The number of rotatable bonds is 6. The zero-order chi connectivity index (χ0) is 12.9. The molecule has 0 amide bonds. The summed E-state index contributed by atoms with van der Waals surface area (Å²) in [4.78, 5) is 0. The number of para-hydroxylation sites is 1. The summed E-state index contributed by atoms with van der Waals surface area (Å²) >= 11 is 3.33. The molecule has 1 aromatic carbocycles. The van der Waals surface area contributed by atoms with E-state index in [1.807, 2.05) is 6.07 Å². The van der Waals surface area contributed by atoms with E-state index in [-0.39, 0.29) is 0 Å². The highest BCUT2D eigenvalue weighted by Crippen LogP contribution is 2.50. The van der Waals surface area contributed by atoms with Gasteiger partial charge in [-0.1, -0.05) is 28.1 Å². The van der Waals surface area contributed by atoms with Crippen LogP contribution >= 0.6 is 23.8 Å². The van der Waals surface area contributed by atoms with Crippen molar-refractivity contribution in [2.75, 3.05) is 21.3 Å². The molecule has 0 bridgehead atoms. The van der Waals surface area contributed by atoms with Crippen molar-refractivity contribution < 1.29 is 22.9 Å². The molecule has 0 aliphatic heterocycles. The van der Waals surface area contributed by atoms with Crippen LogP contribution in [0.4, 0.5) is 0 Å². The Kier molecular flexibility index (Phi) is 5.46. The molecule has 0 spiro atoms. The molecule has 0 aliphatic carbocycles. The van der Waals surface area contributed by atoms with Crippen molar-refractivity contribution in [2.45, 2.75) is 5.33 Å². The molecule has 7 heteroatoms. The van der Waals surface area contributed by atoms with E-state index in [9.17, 15) is 4.57 Å². The van der Waals surface area contributed by atoms with Crippen LogP contribution in [0.25, 0.3) is 0 Å².